The summed E-state index contributed by atoms with van der Waals surface area (Å²) in [7, 11) is 0. The van der Waals surface area contributed by atoms with Crippen LogP contribution in [0.5, 0.6) is 0 Å². The molecule has 0 bridgehead atoms. The van der Waals surface area contributed by atoms with Gasteiger partial charge in [-0.25, -0.2) is 0 Å². The minimum Gasteiger partial charge on any atom is -0.369 e. The molecule has 4 heteroatoms. The molecule has 1 heterocycles. The monoisotopic (exact) mass is 364 g/mol. The van der Waals surface area contributed by atoms with Crippen LogP contribution in [-0.2, 0) is 4.79 Å². The Morgan fingerprint density at radius 3 is 2.79 bits per heavy atom. The van der Waals surface area contributed by atoms with Gasteiger partial charge < -0.3 is 10.6 Å². The van der Waals surface area contributed by atoms with Gasteiger partial charge in [0.15, 0.2) is 0 Å². The third-order valence-corrected chi connectivity index (χ3v) is 4.15. The van der Waals surface area contributed by atoms with Crippen LogP contribution < -0.4 is 10.6 Å². The molecule has 0 fully saturated rings. The summed E-state index contributed by atoms with van der Waals surface area (Å²) in [6.45, 7) is 2.03. The fourth-order valence-corrected chi connectivity index (χ4v) is 2.80. The normalized spacial score (nSPS) is 16.9. The Hall–Kier alpha value is -1.56. The Kier molecular flexibility index (Phi) is 3.18. The van der Waals surface area contributed by atoms with Gasteiger partial charge >= 0.3 is 0 Å². The third kappa shape index (κ3) is 2.32. The molecule has 0 saturated heterocycles. The molecule has 3 nitrogen and oxygen atoms in total. The maximum atomic E-state index is 12.1. The first-order valence-corrected chi connectivity index (χ1v) is 7.15. The zero-order valence-corrected chi connectivity index (χ0v) is 12.6. The summed E-state index contributed by atoms with van der Waals surface area (Å²) in [5.41, 5.74) is 4.06. The lowest BCUT2D eigenvalue weighted by Crippen LogP contribution is -2.20. The highest BCUT2D eigenvalue weighted by atomic mass is 127. The number of nitrogens with one attached hydrogen (secondary N) is 2. The SMILES string of the molecule is Cc1ccc2c(c1)C(Nc1ccccc1I)C(=O)N2. The third-order valence-electron chi connectivity index (χ3n) is 3.21. The predicted octanol–water partition coefficient (Wildman–Crippen LogP) is 3.70. The lowest BCUT2D eigenvalue weighted by Gasteiger charge is -2.14. The van der Waals surface area contributed by atoms with Gasteiger partial charge in [-0.05, 0) is 47.7 Å². The van der Waals surface area contributed by atoms with Crippen molar-refractivity contribution >= 4 is 39.9 Å². The number of halogens is 1. The number of para-hydroxylation sites is 1. The van der Waals surface area contributed by atoms with E-state index >= 15 is 0 Å². The van der Waals surface area contributed by atoms with E-state index < -0.39 is 0 Å². The molecule has 2 N–H and O–H groups in total. The maximum absolute atomic E-state index is 12.1. The quantitative estimate of drug-likeness (QED) is 0.798. The highest BCUT2D eigenvalue weighted by Crippen LogP contribution is 2.34. The van der Waals surface area contributed by atoms with Crippen LogP contribution in [0.1, 0.15) is 17.2 Å². The molecule has 1 aliphatic rings. The Labute approximate surface area is 125 Å². The van der Waals surface area contributed by atoms with E-state index in [1.807, 2.05) is 43.3 Å². The smallest absolute Gasteiger partial charge is 0.251 e. The van der Waals surface area contributed by atoms with Crippen LogP contribution in [0, 0.1) is 10.5 Å². The van der Waals surface area contributed by atoms with Gasteiger partial charge in [0.2, 0.25) is 0 Å². The molecule has 2 aromatic carbocycles. The Morgan fingerprint density at radius 2 is 2.00 bits per heavy atom. The molecule has 0 radical (unpaired) electrons. The summed E-state index contributed by atoms with van der Waals surface area (Å²) in [6, 6.07) is 13.7. The van der Waals surface area contributed by atoms with Crippen LogP contribution >= 0.6 is 22.6 Å². The zero-order chi connectivity index (χ0) is 13.4. The van der Waals surface area contributed by atoms with Gasteiger partial charge in [0.05, 0.1) is 0 Å². The molecule has 96 valence electrons. The Balaban J connectivity index is 1.97. The first-order chi connectivity index (χ1) is 9.15. The molecule has 0 aliphatic carbocycles. The predicted molar refractivity (Wildman–Crippen MR) is 85.3 cm³/mol. The van der Waals surface area contributed by atoms with E-state index in [0.717, 1.165) is 26.1 Å². The van der Waals surface area contributed by atoms with Gasteiger partial charge in [0.1, 0.15) is 6.04 Å². The van der Waals surface area contributed by atoms with Crippen molar-refractivity contribution in [3.63, 3.8) is 0 Å². The standard InChI is InChI=1S/C15H13IN2O/c1-9-6-7-12-10(8-9)14(15(19)18-12)17-13-5-3-2-4-11(13)16/h2-8,14,17H,1H3,(H,18,19). The zero-order valence-electron chi connectivity index (χ0n) is 10.4. The summed E-state index contributed by atoms with van der Waals surface area (Å²) < 4.78 is 1.11. The van der Waals surface area contributed by atoms with Crippen molar-refractivity contribution in [3.8, 4) is 0 Å². The van der Waals surface area contributed by atoms with Crippen molar-refractivity contribution < 1.29 is 4.79 Å². The van der Waals surface area contributed by atoms with E-state index in [4.69, 9.17) is 0 Å². The number of carbonyl (C=O) groups excluding carboxylic acids is 1. The molecular formula is C15H13IN2O. The van der Waals surface area contributed by atoms with Crippen molar-refractivity contribution in [2.24, 2.45) is 0 Å². The van der Waals surface area contributed by atoms with Gasteiger partial charge in [0, 0.05) is 20.5 Å². The molecule has 19 heavy (non-hydrogen) atoms. The minimum absolute atomic E-state index is 0.000234. The van der Waals surface area contributed by atoms with Crippen molar-refractivity contribution in [2.75, 3.05) is 10.6 Å². The second kappa shape index (κ2) is 4.85. The second-order valence-corrected chi connectivity index (χ2v) is 5.80. The topological polar surface area (TPSA) is 41.1 Å². The number of hydrogen-bond acceptors (Lipinski definition) is 2. The number of anilines is 2. The number of fused-ring (bicyclic) bond motifs is 1. The number of carbonyl (C=O) groups is 1. The number of amides is 1. The molecule has 1 amide bonds. The molecule has 2 aromatic rings. The molecule has 3 rings (SSSR count). The second-order valence-electron chi connectivity index (χ2n) is 4.64. The van der Waals surface area contributed by atoms with E-state index in [-0.39, 0.29) is 11.9 Å². The fraction of sp³-hybridized carbons (Fsp3) is 0.133. The molecule has 0 spiro atoms. The average Bonchev–Trinajstić information content (AvgIpc) is 2.69. The van der Waals surface area contributed by atoms with Crippen molar-refractivity contribution in [3.05, 3.63) is 57.2 Å². The largest absolute Gasteiger partial charge is 0.369 e. The summed E-state index contributed by atoms with van der Waals surface area (Å²) in [5.74, 6) is 0.000234. The van der Waals surface area contributed by atoms with Crippen molar-refractivity contribution in [1.82, 2.24) is 0 Å². The lowest BCUT2D eigenvalue weighted by atomic mass is 10.1. The number of aryl methyl sites for hydroxylation is 1. The molecule has 0 saturated carbocycles. The summed E-state index contributed by atoms with van der Waals surface area (Å²) in [5, 5.41) is 6.23. The lowest BCUT2D eigenvalue weighted by molar-refractivity contribution is -0.116. The minimum atomic E-state index is -0.314. The average molecular weight is 364 g/mol. The summed E-state index contributed by atoms with van der Waals surface area (Å²) in [4.78, 5) is 12.1. The first kappa shape index (κ1) is 12.5. The van der Waals surface area contributed by atoms with Crippen LogP contribution in [0.2, 0.25) is 0 Å². The van der Waals surface area contributed by atoms with Gasteiger partial charge in [-0.1, -0.05) is 29.8 Å². The highest BCUT2D eigenvalue weighted by Gasteiger charge is 2.30. The van der Waals surface area contributed by atoms with Crippen LogP contribution in [-0.4, -0.2) is 5.91 Å². The molecule has 1 aliphatic heterocycles. The number of benzene rings is 2. The fourth-order valence-electron chi connectivity index (χ4n) is 2.26. The molecular weight excluding hydrogens is 351 g/mol. The van der Waals surface area contributed by atoms with Crippen LogP contribution in [0.3, 0.4) is 0 Å². The number of rotatable bonds is 2. The maximum Gasteiger partial charge on any atom is 0.251 e. The van der Waals surface area contributed by atoms with Gasteiger partial charge in [0.25, 0.3) is 5.91 Å². The van der Waals surface area contributed by atoms with E-state index in [0.29, 0.717) is 0 Å². The van der Waals surface area contributed by atoms with E-state index in [9.17, 15) is 4.79 Å². The Morgan fingerprint density at radius 1 is 1.21 bits per heavy atom. The van der Waals surface area contributed by atoms with Crippen LogP contribution in [0.15, 0.2) is 42.5 Å². The van der Waals surface area contributed by atoms with Gasteiger partial charge in [-0.3, -0.25) is 4.79 Å². The molecule has 1 unspecified atom stereocenters. The van der Waals surface area contributed by atoms with E-state index in [1.165, 1.54) is 0 Å². The molecule has 1 atom stereocenters. The number of hydrogen-bond donors (Lipinski definition) is 2. The van der Waals surface area contributed by atoms with Crippen LogP contribution in [0.25, 0.3) is 0 Å². The van der Waals surface area contributed by atoms with Crippen LogP contribution in [0.4, 0.5) is 11.4 Å². The first-order valence-electron chi connectivity index (χ1n) is 6.07. The summed E-state index contributed by atoms with van der Waals surface area (Å²) in [6.07, 6.45) is 0. The highest BCUT2D eigenvalue weighted by molar-refractivity contribution is 14.1. The van der Waals surface area contributed by atoms with E-state index in [2.05, 4.69) is 39.3 Å². The Bertz CT molecular complexity index is 654. The molecule has 0 aromatic heterocycles. The van der Waals surface area contributed by atoms with E-state index in [1.54, 1.807) is 0 Å². The van der Waals surface area contributed by atoms with Gasteiger partial charge in [-0.2, -0.15) is 0 Å². The van der Waals surface area contributed by atoms with Gasteiger partial charge in [-0.15, -0.1) is 0 Å². The van der Waals surface area contributed by atoms with Crippen molar-refractivity contribution in [2.45, 2.75) is 13.0 Å². The van der Waals surface area contributed by atoms with Crippen molar-refractivity contribution in [1.29, 1.82) is 0 Å². The summed E-state index contributed by atoms with van der Waals surface area (Å²) >= 11 is 2.27.